The lowest BCUT2D eigenvalue weighted by Crippen LogP contribution is -2.09. The second-order valence-electron chi connectivity index (χ2n) is 4.13. The number of benzene rings is 1. The van der Waals surface area contributed by atoms with Gasteiger partial charge in [0.05, 0.1) is 4.90 Å². The Morgan fingerprint density at radius 2 is 2.00 bits per heavy atom. The third kappa shape index (κ3) is 3.43. The second-order valence-corrected chi connectivity index (χ2v) is 6.15. The number of anilines is 1. The van der Waals surface area contributed by atoms with E-state index < -0.39 is 9.84 Å². The van der Waals surface area contributed by atoms with Crippen molar-refractivity contribution in [3.05, 3.63) is 36.2 Å². The molecule has 0 unspecified atom stereocenters. The monoisotopic (exact) mass is 294 g/mol. The van der Waals surface area contributed by atoms with Gasteiger partial charge in [-0.2, -0.15) is 4.98 Å². The Labute approximate surface area is 116 Å². The van der Waals surface area contributed by atoms with Gasteiger partial charge < -0.3 is 10.2 Å². The first-order chi connectivity index (χ1) is 9.38. The van der Waals surface area contributed by atoms with Gasteiger partial charge in [0.15, 0.2) is 9.84 Å². The van der Waals surface area contributed by atoms with Crippen molar-refractivity contribution in [1.82, 2.24) is 9.97 Å². The van der Waals surface area contributed by atoms with Gasteiger partial charge in [0.25, 0.3) is 0 Å². The maximum Gasteiger partial charge on any atom is 0.224 e. The number of nitrogens with two attached hydrogens (primary N) is 1. The average Bonchev–Trinajstić information content (AvgIpc) is 2.37. The molecule has 0 atom stereocenters. The molecule has 0 aliphatic rings. The molecule has 1 aromatic heterocycles. The summed E-state index contributed by atoms with van der Waals surface area (Å²) in [6.07, 6.45) is 1.14. The van der Waals surface area contributed by atoms with Crippen molar-refractivity contribution >= 4 is 15.7 Å². The lowest BCUT2D eigenvalue weighted by molar-refractivity contribution is 0.458. The number of sulfone groups is 1. The van der Waals surface area contributed by atoms with Crippen LogP contribution in [0.4, 0.5) is 5.82 Å². The highest BCUT2D eigenvalue weighted by Gasteiger charge is 2.09. The van der Waals surface area contributed by atoms with Crippen molar-refractivity contribution in [2.45, 2.75) is 11.8 Å². The standard InChI is InChI=1S/C12H14N4O3S/c1-8-14-11(16-13)7-12(15-8)19-9-4-3-5-10(6-9)20(2,17)18/h3-7H,13H2,1-2H3,(H,14,15,16). The Morgan fingerprint density at radius 3 is 2.65 bits per heavy atom. The molecule has 3 N–H and O–H groups in total. The zero-order chi connectivity index (χ0) is 14.8. The summed E-state index contributed by atoms with van der Waals surface area (Å²) >= 11 is 0. The molecule has 0 saturated carbocycles. The number of nitrogen functional groups attached to an aromatic ring is 1. The van der Waals surface area contributed by atoms with Crippen LogP contribution in [0, 0.1) is 6.92 Å². The Hall–Kier alpha value is -2.19. The molecule has 0 radical (unpaired) electrons. The van der Waals surface area contributed by atoms with Crippen LogP contribution in [0.25, 0.3) is 0 Å². The number of nitrogens with zero attached hydrogens (tertiary/aromatic N) is 2. The van der Waals surface area contributed by atoms with Gasteiger partial charge in [-0.1, -0.05) is 6.07 Å². The molecular formula is C12H14N4O3S. The maximum absolute atomic E-state index is 11.5. The van der Waals surface area contributed by atoms with Crippen LogP contribution in [0.5, 0.6) is 11.6 Å². The molecule has 2 rings (SSSR count). The number of rotatable bonds is 4. The van der Waals surface area contributed by atoms with Gasteiger partial charge in [0.1, 0.15) is 17.4 Å². The summed E-state index contributed by atoms with van der Waals surface area (Å²) in [5.74, 6) is 6.82. The molecule has 20 heavy (non-hydrogen) atoms. The van der Waals surface area contributed by atoms with Gasteiger partial charge in [-0.3, -0.25) is 0 Å². The molecule has 1 aromatic carbocycles. The van der Waals surface area contributed by atoms with Crippen LogP contribution >= 0.6 is 0 Å². The minimum atomic E-state index is -3.28. The smallest absolute Gasteiger partial charge is 0.224 e. The predicted octanol–water partition coefficient (Wildman–Crippen LogP) is 1.27. The van der Waals surface area contributed by atoms with Crippen LogP contribution in [0.1, 0.15) is 5.82 Å². The van der Waals surface area contributed by atoms with Crippen LogP contribution in [0.3, 0.4) is 0 Å². The van der Waals surface area contributed by atoms with E-state index in [0.29, 0.717) is 17.4 Å². The highest BCUT2D eigenvalue weighted by molar-refractivity contribution is 7.90. The van der Waals surface area contributed by atoms with Gasteiger partial charge in [-0.05, 0) is 25.1 Å². The normalized spacial score (nSPS) is 11.2. The van der Waals surface area contributed by atoms with E-state index in [1.807, 2.05) is 0 Å². The number of aryl methyl sites for hydroxylation is 1. The summed E-state index contributed by atoms with van der Waals surface area (Å²) in [7, 11) is -3.28. The van der Waals surface area contributed by atoms with E-state index in [2.05, 4.69) is 15.4 Å². The Bertz CT molecular complexity index is 731. The third-order valence-electron chi connectivity index (χ3n) is 2.42. The molecule has 8 heteroatoms. The molecule has 0 aliphatic carbocycles. The minimum Gasteiger partial charge on any atom is -0.439 e. The fraction of sp³-hybridized carbons (Fsp3) is 0.167. The van der Waals surface area contributed by atoms with Crippen LogP contribution in [0.15, 0.2) is 35.2 Å². The maximum atomic E-state index is 11.5. The fourth-order valence-electron chi connectivity index (χ4n) is 1.56. The molecule has 106 valence electrons. The topological polar surface area (TPSA) is 107 Å². The molecular weight excluding hydrogens is 280 g/mol. The van der Waals surface area contributed by atoms with E-state index >= 15 is 0 Å². The number of aromatic nitrogens is 2. The van der Waals surface area contributed by atoms with E-state index in [0.717, 1.165) is 6.26 Å². The van der Waals surface area contributed by atoms with Gasteiger partial charge in [0.2, 0.25) is 5.88 Å². The van der Waals surface area contributed by atoms with E-state index in [1.165, 1.54) is 18.2 Å². The summed E-state index contributed by atoms with van der Waals surface area (Å²) in [4.78, 5) is 8.30. The highest BCUT2D eigenvalue weighted by Crippen LogP contribution is 2.23. The molecule has 0 fully saturated rings. The van der Waals surface area contributed by atoms with Crippen molar-refractivity contribution < 1.29 is 13.2 Å². The van der Waals surface area contributed by atoms with Crippen molar-refractivity contribution in [3.8, 4) is 11.6 Å². The first-order valence-electron chi connectivity index (χ1n) is 5.69. The fourth-order valence-corrected chi connectivity index (χ4v) is 2.21. The quantitative estimate of drug-likeness (QED) is 0.645. The van der Waals surface area contributed by atoms with Crippen LogP contribution in [0.2, 0.25) is 0 Å². The highest BCUT2D eigenvalue weighted by atomic mass is 32.2. The Morgan fingerprint density at radius 1 is 1.25 bits per heavy atom. The van der Waals surface area contributed by atoms with Crippen molar-refractivity contribution in [1.29, 1.82) is 0 Å². The summed E-state index contributed by atoms with van der Waals surface area (Å²) in [5, 5.41) is 0. The molecule has 0 saturated heterocycles. The van der Waals surface area contributed by atoms with E-state index in [-0.39, 0.29) is 10.8 Å². The van der Waals surface area contributed by atoms with Crippen LogP contribution in [-0.2, 0) is 9.84 Å². The number of hydrazine groups is 1. The molecule has 1 heterocycles. The third-order valence-corrected chi connectivity index (χ3v) is 3.53. The lowest BCUT2D eigenvalue weighted by atomic mass is 10.3. The van der Waals surface area contributed by atoms with Crippen molar-refractivity contribution in [2.24, 2.45) is 5.84 Å². The summed E-state index contributed by atoms with van der Waals surface area (Å²) in [6, 6.07) is 7.69. The molecule has 0 aliphatic heterocycles. The van der Waals surface area contributed by atoms with Gasteiger partial charge in [-0.15, -0.1) is 0 Å². The lowest BCUT2D eigenvalue weighted by Gasteiger charge is -2.08. The van der Waals surface area contributed by atoms with Crippen LogP contribution < -0.4 is 16.0 Å². The van der Waals surface area contributed by atoms with E-state index in [4.69, 9.17) is 10.6 Å². The van der Waals surface area contributed by atoms with E-state index in [1.54, 1.807) is 19.1 Å². The average molecular weight is 294 g/mol. The number of hydrogen-bond donors (Lipinski definition) is 2. The van der Waals surface area contributed by atoms with Gasteiger partial charge in [0, 0.05) is 12.3 Å². The zero-order valence-corrected chi connectivity index (χ0v) is 11.8. The van der Waals surface area contributed by atoms with Gasteiger partial charge in [-0.25, -0.2) is 19.2 Å². The first kappa shape index (κ1) is 14.2. The molecule has 0 spiro atoms. The van der Waals surface area contributed by atoms with Crippen molar-refractivity contribution in [2.75, 3.05) is 11.7 Å². The molecule has 7 nitrogen and oxygen atoms in total. The number of ether oxygens (including phenoxy) is 1. The molecule has 2 aromatic rings. The summed E-state index contributed by atoms with van der Waals surface area (Å²) in [6.45, 7) is 1.70. The van der Waals surface area contributed by atoms with Gasteiger partial charge >= 0.3 is 0 Å². The zero-order valence-electron chi connectivity index (χ0n) is 11.0. The largest absolute Gasteiger partial charge is 0.439 e. The SMILES string of the molecule is Cc1nc(NN)cc(Oc2cccc(S(C)(=O)=O)c2)n1. The predicted molar refractivity (Wildman–Crippen MR) is 74.2 cm³/mol. The summed E-state index contributed by atoms with van der Waals surface area (Å²) in [5.41, 5.74) is 2.40. The minimum absolute atomic E-state index is 0.179. The molecule has 0 amide bonds. The summed E-state index contributed by atoms with van der Waals surface area (Å²) < 4.78 is 28.5. The number of hydrogen-bond acceptors (Lipinski definition) is 7. The Kier molecular flexibility index (Phi) is 3.86. The molecule has 0 bridgehead atoms. The van der Waals surface area contributed by atoms with Crippen LogP contribution in [-0.4, -0.2) is 24.6 Å². The second kappa shape index (κ2) is 5.43. The Balaban J connectivity index is 2.33. The van der Waals surface area contributed by atoms with E-state index in [9.17, 15) is 8.42 Å². The number of nitrogens with one attached hydrogen (secondary N) is 1. The first-order valence-corrected chi connectivity index (χ1v) is 7.58. The van der Waals surface area contributed by atoms with Crippen molar-refractivity contribution in [3.63, 3.8) is 0 Å².